The molecule has 0 saturated carbocycles. The molecule has 0 unspecified atom stereocenters. The Morgan fingerprint density at radius 3 is 1.95 bits per heavy atom. The number of hydrogen-bond donors (Lipinski definition) is 0. The minimum absolute atomic E-state index is 0.196. The van der Waals surface area contributed by atoms with Crippen molar-refractivity contribution in [3.8, 4) is 0 Å². The van der Waals surface area contributed by atoms with Gasteiger partial charge < -0.3 is 9.47 Å². The first-order valence-electron chi connectivity index (χ1n) is 7.08. The van der Waals surface area contributed by atoms with E-state index >= 15 is 0 Å². The zero-order chi connectivity index (χ0) is 16.3. The predicted octanol–water partition coefficient (Wildman–Crippen LogP) is 4.44. The molecular weight excluding hydrogens is 339 g/mol. The van der Waals surface area contributed by atoms with Crippen LogP contribution in [0.15, 0.2) is 0 Å². The van der Waals surface area contributed by atoms with E-state index in [2.05, 4.69) is 13.8 Å². The molecule has 0 bridgehead atoms. The first kappa shape index (κ1) is 20.8. The van der Waals surface area contributed by atoms with Crippen LogP contribution in [0.3, 0.4) is 0 Å². The van der Waals surface area contributed by atoms with E-state index < -0.39 is 9.76 Å². The van der Waals surface area contributed by atoms with Gasteiger partial charge in [0.15, 0.2) is 0 Å². The number of alkyl halides is 3. The van der Waals surface area contributed by atoms with Gasteiger partial charge in [-0.15, -0.1) is 0 Å². The Bertz CT molecular complexity index is 314. The van der Waals surface area contributed by atoms with Crippen LogP contribution in [-0.4, -0.2) is 28.9 Å². The third-order valence-corrected chi connectivity index (χ3v) is 2.92. The average Bonchev–Trinajstić information content (AvgIpc) is 2.36. The van der Waals surface area contributed by atoms with Crippen LogP contribution in [0.1, 0.15) is 52.4 Å². The number of ether oxygens (including phenoxy) is 2. The number of hydrogen-bond acceptors (Lipinski definition) is 4. The molecule has 0 atom stereocenters. The lowest BCUT2D eigenvalue weighted by Crippen LogP contribution is -2.17. The molecule has 0 saturated heterocycles. The summed E-state index contributed by atoms with van der Waals surface area (Å²) in [5, 5.41) is 0. The second-order valence-corrected chi connectivity index (χ2v) is 7.76. The maximum atomic E-state index is 11.4. The molecule has 0 N–H and O–H groups in total. The lowest BCUT2D eigenvalue weighted by Gasteiger charge is -2.11. The van der Waals surface area contributed by atoms with E-state index in [0.717, 1.165) is 12.8 Å². The fourth-order valence-corrected chi connectivity index (χ4v) is 1.69. The summed E-state index contributed by atoms with van der Waals surface area (Å²) in [6.45, 7) is 4.45. The number of carbonyl (C=O) groups is 2. The Balaban J connectivity index is 3.49. The fourth-order valence-electron chi connectivity index (χ4n) is 1.52. The molecule has 0 fully saturated rings. The van der Waals surface area contributed by atoms with Crippen LogP contribution in [0.2, 0.25) is 0 Å². The van der Waals surface area contributed by atoms with Gasteiger partial charge in [-0.2, -0.15) is 0 Å². The summed E-state index contributed by atoms with van der Waals surface area (Å²) in [6.07, 6.45) is 3.54. The van der Waals surface area contributed by atoms with Gasteiger partial charge in [-0.1, -0.05) is 48.7 Å². The largest absolute Gasteiger partial charge is 0.466 e. The van der Waals surface area contributed by atoms with Crippen LogP contribution in [0.4, 0.5) is 0 Å². The fraction of sp³-hybridized carbons (Fsp3) is 0.857. The van der Waals surface area contributed by atoms with Crippen molar-refractivity contribution < 1.29 is 19.1 Å². The summed E-state index contributed by atoms with van der Waals surface area (Å²) in [7, 11) is 0. The van der Waals surface area contributed by atoms with Crippen LogP contribution >= 0.6 is 34.8 Å². The highest BCUT2D eigenvalue weighted by Gasteiger charge is 2.21. The number of halogens is 3. The van der Waals surface area contributed by atoms with Gasteiger partial charge in [0.25, 0.3) is 0 Å². The van der Waals surface area contributed by atoms with Crippen molar-refractivity contribution in [2.75, 3.05) is 13.2 Å². The molecule has 0 aliphatic carbocycles. The quantitative estimate of drug-likeness (QED) is 0.328. The van der Waals surface area contributed by atoms with Gasteiger partial charge >= 0.3 is 11.9 Å². The maximum absolute atomic E-state index is 11.4. The highest BCUT2D eigenvalue weighted by Crippen LogP contribution is 2.26. The van der Waals surface area contributed by atoms with Crippen LogP contribution < -0.4 is 0 Å². The lowest BCUT2D eigenvalue weighted by molar-refractivity contribution is -0.145. The molecule has 0 aromatic rings. The Hall–Kier alpha value is -0.190. The molecule has 0 spiro atoms. The maximum Gasteiger partial charge on any atom is 0.305 e. The molecule has 0 rings (SSSR count). The first-order chi connectivity index (χ1) is 9.70. The Morgan fingerprint density at radius 2 is 1.48 bits per heavy atom. The average molecular weight is 362 g/mol. The van der Waals surface area contributed by atoms with Crippen molar-refractivity contribution in [2.24, 2.45) is 5.92 Å². The molecule has 124 valence electrons. The topological polar surface area (TPSA) is 52.6 Å². The molecule has 0 aromatic heterocycles. The van der Waals surface area contributed by atoms with Crippen LogP contribution in [0.25, 0.3) is 0 Å². The van der Waals surface area contributed by atoms with Crippen LogP contribution in [0, 0.1) is 5.92 Å². The number of unbranched alkanes of at least 4 members (excludes halogenated alkanes) is 1. The van der Waals surface area contributed by atoms with Crippen LogP contribution in [0.5, 0.6) is 0 Å². The third kappa shape index (κ3) is 16.0. The van der Waals surface area contributed by atoms with Gasteiger partial charge in [-0.05, 0) is 31.6 Å². The summed E-state index contributed by atoms with van der Waals surface area (Å²) >= 11 is 16.4. The predicted molar refractivity (Wildman–Crippen MR) is 84.7 cm³/mol. The summed E-state index contributed by atoms with van der Waals surface area (Å²) in [5.74, 6) is -0.0533. The smallest absolute Gasteiger partial charge is 0.305 e. The molecule has 0 aromatic carbocycles. The van der Waals surface area contributed by atoms with Crippen molar-refractivity contribution in [2.45, 2.75) is 56.2 Å². The molecular formula is C14H23Cl3O4. The summed E-state index contributed by atoms with van der Waals surface area (Å²) in [6, 6.07) is 0. The van der Waals surface area contributed by atoms with Crippen molar-refractivity contribution >= 4 is 46.7 Å². The minimum atomic E-state index is -1.59. The van der Waals surface area contributed by atoms with Crippen molar-refractivity contribution in [3.05, 3.63) is 0 Å². The lowest BCUT2D eigenvalue weighted by atomic mass is 10.1. The number of rotatable bonds is 10. The zero-order valence-corrected chi connectivity index (χ0v) is 14.8. The van der Waals surface area contributed by atoms with Gasteiger partial charge in [0.1, 0.15) is 6.61 Å². The molecule has 0 amide bonds. The first-order valence-corrected chi connectivity index (χ1v) is 8.22. The molecule has 4 nitrogen and oxygen atoms in total. The van der Waals surface area contributed by atoms with Crippen molar-refractivity contribution in [1.29, 1.82) is 0 Å². The Labute approximate surface area is 141 Å². The minimum Gasteiger partial charge on any atom is -0.466 e. The molecule has 0 radical (unpaired) electrons. The van der Waals surface area contributed by atoms with Crippen LogP contribution in [-0.2, 0) is 19.1 Å². The second-order valence-electron chi connectivity index (χ2n) is 5.24. The van der Waals surface area contributed by atoms with Gasteiger partial charge in [0, 0.05) is 12.8 Å². The molecule has 7 heteroatoms. The summed E-state index contributed by atoms with van der Waals surface area (Å²) in [4.78, 5) is 22.7. The van der Waals surface area contributed by atoms with Gasteiger partial charge in [-0.25, -0.2) is 0 Å². The zero-order valence-electron chi connectivity index (χ0n) is 12.5. The molecule has 0 aliphatic heterocycles. The van der Waals surface area contributed by atoms with Gasteiger partial charge in [0.2, 0.25) is 3.79 Å². The molecule has 0 aliphatic rings. The second kappa shape index (κ2) is 11.4. The van der Waals surface area contributed by atoms with Crippen molar-refractivity contribution in [1.82, 2.24) is 0 Å². The monoisotopic (exact) mass is 360 g/mol. The molecule has 0 heterocycles. The standard InChI is InChI=1S/C14H23Cl3O4/c1-11(2)6-5-9-20-12(18)7-3-4-8-13(19)21-10-14(15,16)17/h11H,3-10H2,1-2H3. The van der Waals surface area contributed by atoms with Gasteiger partial charge in [0.05, 0.1) is 6.61 Å². The Morgan fingerprint density at radius 1 is 0.952 bits per heavy atom. The SMILES string of the molecule is CC(C)CCCOC(=O)CCCCC(=O)OCC(Cl)(Cl)Cl. The number of esters is 2. The van der Waals surface area contributed by atoms with E-state index in [4.69, 9.17) is 44.3 Å². The Kier molecular flexibility index (Phi) is 11.3. The van der Waals surface area contributed by atoms with E-state index in [1.165, 1.54) is 0 Å². The summed E-state index contributed by atoms with van der Waals surface area (Å²) < 4.78 is 8.26. The highest BCUT2D eigenvalue weighted by atomic mass is 35.6. The van der Waals surface area contributed by atoms with Gasteiger partial charge in [-0.3, -0.25) is 9.59 Å². The van der Waals surface area contributed by atoms with Crippen molar-refractivity contribution in [3.63, 3.8) is 0 Å². The highest BCUT2D eigenvalue weighted by molar-refractivity contribution is 6.67. The van der Waals surface area contributed by atoms with E-state index in [0.29, 0.717) is 31.8 Å². The number of carbonyl (C=O) groups excluding carboxylic acids is 2. The normalized spacial score (nSPS) is 11.5. The van der Waals surface area contributed by atoms with E-state index in [-0.39, 0.29) is 19.0 Å². The van der Waals surface area contributed by atoms with E-state index in [1.807, 2.05) is 0 Å². The van der Waals surface area contributed by atoms with E-state index in [1.54, 1.807) is 0 Å². The third-order valence-electron chi connectivity index (χ3n) is 2.60. The molecule has 21 heavy (non-hydrogen) atoms. The summed E-state index contributed by atoms with van der Waals surface area (Å²) in [5.41, 5.74) is 0. The van der Waals surface area contributed by atoms with E-state index in [9.17, 15) is 9.59 Å².